The van der Waals surface area contributed by atoms with Crippen LogP contribution in [0.2, 0.25) is 0 Å². The number of halogens is 1. The number of ether oxygens (including phenoxy) is 1. The van der Waals surface area contributed by atoms with E-state index >= 15 is 0 Å². The van der Waals surface area contributed by atoms with E-state index in [1.54, 1.807) is 19.2 Å². The third kappa shape index (κ3) is 5.44. The van der Waals surface area contributed by atoms with E-state index < -0.39 is 0 Å². The number of guanidine groups is 1. The minimum Gasteiger partial charge on any atom is -0.489 e. The molecule has 0 aliphatic carbocycles. The number of fused-ring (bicyclic) bond motifs is 1. The number of aromatic amines is 1. The van der Waals surface area contributed by atoms with Crippen LogP contribution in [0.1, 0.15) is 12.7 Å². The summed E-state index contributed by atoms with van der Waals surface area (Å²) in [4.78, 5) is 12.1. The van der Waals surface area contributed by atoms with Crippen molar-refractivity contribution in [2.45, 2.75) is 19.4 Å². The third-order valence-electron chi connectivity index (χ3n) is 4.02. The van der Waals surface area contributed by atoms with Crippen LogP contribution in [0.5, 0.6) is 5.75 Å². The Balaban J connectivity index is 1.41. The van der Waals surface area contributed by atoms with Gasteiger partial charge in [-0.1, -0.05) is 12.1 Å². The van der Waals surface area contributed by atoms with Crippen LogP contribution in [0.25, 0.3) is 11.0 Å². The molecule has 3 aromatic rings. The Labute approximate surface area is 157 Å². The molecule has 27 heavy (non-hydrogen) atoms. The number of hydrogen-bond acceptors (Lipinski definition) is 3. The number of rotatable bonds is 7. The van der Waals surface area contributed by atoms with E-state index in [4.69, 9.17) is 4.74 Å². The zero-order chi connectivity index (χ0) is 19.1. The van der Waals surface area contributed by atoms with E-state index in [1.165, 1.54) is 12.1 Å². The molecule has 0 fully saturated rings. The van der Waals surface area contributed by atoms with Crippen molar-refractivity contribution in [3.63, 3.8) is 0 Å². The highest BCUT2D eigenvalue weighted by Crippen LogP contribution is 2.12. The van der Waals surface area contributed by atoms with Gasteiger partial charge in [0, 0.05) is 20.0 Å². The molecule has 1 aromatic heterocycles. The quantitative estimate of drug-likeness (QED) is 0.442. The second-order valence-corrected chi connectivity index (χ2v) is 6.21. The van der Waals surface area contributed by atoms with Crippen molar-refractivity contribution in [1.29, 1.82) is 0 Å². The number of nitrogens with one attached hydrogen (secondary N) is 3. The number of hydrogen-bond donors (Lipinski definition) is 3. The van der Waals surface area contributed by atoms with Gasteiger partial charge in [-0.05, 0) is 43.3 Å². The Morgan fingerprint density at radius 3 is 2.70 bits per heavy atom. The number of H-pyrrole nitrogens is 1. The first kappa shape index (κ1) is 18.7. The van der Waals surface area contributed by atoms with Gasteiger partial charge in [0.05, 0.1) is 17.6 Å². The minimum absolute atomic E-state index is 0.0932. The fraction of sp³-hybridized carbons (Fsp3) is 0.300. The molecule has 142 valence electrons. The summed E-state index contributed by atoms with van der Waals surface area (Å²) in [5.41, 5.74) is 2.02. The van der Waals surface area contributed by atoms with E-state index in [-0.39, 0.29) is 11.9 Å². The molecule has 0 aliphatic heterocycles. The number of aliphatic imine (C=N–C) groups is 1. The van der Waals surface area contributed by atoms with Crippen LogP contribution in [0, 0.1) is 5.82 Å². The monoisotopic (exact) mass is 369 g/mol. The van der Waals surface area contributed by atoms with Gasteiger partial charge in [-0.15, -0.1) is 0 Å². The van der Waals surface area contributed by atoms with Crippen molar-refractivity contribution in [3.8, 4) is 5.75 Å². The summed E-state index contributed by atoms with van der Waals surface area (Å²) in [7, 11) is 1.72. The Kier molecular flexibility index (Phi) is 6.25. The lowest BCUT2D eigenvalue weighted by molar-refractivity contribution is 0.223. The first-order valence-corrected chi connectivity index (χ1v) is 8.94. The normalized spacial score (nSPS) is 12.8. The van der Waals surface area contributed by atoms with Crippen molar-refractivity contribution in [2.75, 3.05) is 20.1 Å². The molecule has 0 saturated heterocycles. The second kappa shape index (κ2) is 9.02. The molecule has 1 heterocycles. The first-order valence-electron chi connectivity index (χ1n) is 8.94. The van der Waals surface area contributed by atoms with E-state index in [2.05, 4.69) is 25.6 Å². The maximum atomic E-state index is 12.9. The molecule has 0 bridgehead atoms. The fourth-order valence-electron chi connectivity index (χ4n) is 2.67. The van der Waals surface area contributed by atoms with E-state index in [1.807, 2.05) is 31.2 Å². The first-order chi connectivity index (χ1) is 13.1. The highest BCUT2D eigenvalue weighted by atomic mass is 19.1. The highest BCUT2D eigenvalue weighted by Gasteiger charge is 2.07. The van der Waals surface area contributed by atoms with Gasteiger partial charge in [-0.3, -0.25) is 4.99 Å². The predicted molar refractivity (Wildman–Crippen MR) is 106 cm³/mol. The molecule has 6 nitrogen and oxygen atoms in total. The standard InChI is InChI=1S/C20H24FN5O/c1-14(27-16-9-7-15(21)8-10-16)13-24-20(22-2)23-12-11-19-25-17-5-3-4-6-18(17)26-19/h3-10,14H,11-13H2,1-2H3,(H,25,26)(H2,22,23,24). The zero-order valence-electron chi connectivity index (χ0n) is 15.5. The maximum absolute atomic E-state index is 12.9. The Bertz CT molecular complexity index is 858. The number of nitrogens with zero attached hydrogens (tertiary/aromatic N) is 2. The summed E-state index contributed by atoms with van der Waals surface area (Å²) >= 11 is 0. The van der Waals surface area contributed by atoms with Gasteiger partial charge >= 0.3 is 0 Å². The molecule has 1 atom stereocenters. The van der Waals surface area contributed by atoms with Crippen molar-refractivity contribution >= 4 is 17.0 Å². The lowest BCUT2D eigenvalue weighted by atomic mass is 10.3. The molecule has 3 rings (SSSR count). The third-order valence-corrected chi connectivity index (χ3v) is 4.02. The van der Waals surface area contributed by atoms with Gasteiger partial charge in [0.1, 0.15) is 23.5 Å². The van der Waals surface area contributed by atoms with Gasteiger partial charge in [-0.2, -0.15) is 0 Å². The van der Waals surface area contributed by atoms with Gasteiger partial charge < -0.3 is 20.4 Å². The molecule has 0 spiro atoms. The summed E-state index contributed by atoms with van der Waals surface area (Å²) in [5, 5.41) is 6.49. The van der Waals surface area contributed by atoms with Crippen LogP contribution < -0.4 is 15.4 Å². The molecule has 3 N–H and O–H groups in total. The van der Waals surface area contributed by atoms with Gasteiger partial charge in [0.25, 0.3) is 0 Å². The smallest absolute Gasteiger partial charge is 0.191 e. The van der Waals surface area contributed by atoms with E-state index in [0.717, 1.165) is 23.3 Å². The lowest BCUT2D eigenvalue weighted by Crippen LogP contribution is -2.42. The van der Waals surface area contributed by atoms with Crippen molar-refractivity contribution in [3.05, 3.63) is 60.2 Å². The van der Waals surface area contributed by atoms with Gasteiger partial charge in [-0.25, -0.2) is 9.37 Å². The van der Waals surface area contributed by atoms with Gasteiger partial charge in [0.15, 0.2) is 5.96 Å². The Morgan fingerprint density at radius 1 is 1.19 bits per heavy atom. The molecule has 0 aliphatic rings. The molecule has 0 amide bonds. The molecule has 7 heteroatoms. The van der Waals surface area contributed by atoms with Gasteiger partial charge in [0.2, 0.25) is 0 Å². The number of benzene rings is 2. The van der Waals surface area contributed by atoms with Crippen molar-refractivity contribution in [2.24, 2.45) is 4.99 Å². The molecule has 2 aromatic carbocycles. The second-order valence-electron chi connectivity index (χ2n) is 6.21. The zero-order valence-corrected chi connectivity index (χ0v) is 15.5. The number of aromatic nitrogens is 2. The predicted octanol–water partition coefficient (Wildman–Crippen LogP) is 2.88. The maximum Gasteiger partial charge on any atom is 0.191 e. The largest absolute Gasteiger partial charge is 0.489 e. The topological polar surface area (TPSA) is 74.3 Å². The van der Waals surface area contributed by atoms with Crippen LogP contribution in [0.4, 0.5) is 4.39 Å². The summed E-state index contributed by atoms with van der Waals surface area (Å²) in [6.45, 7) is 3.21. The molecule has 0 saturated carbocycles. The minimum atomic E-state index is -0.276. The van der Waals surface area contributed by atoms with Crippen LogP contribution in [0.15, 0.2) is 53.5 Å². The molecular weight excluding hydrogens is 345 g/mol. The van der Waals surface area contributed by atoms with Crippen LogP contribution in [0.3, 0.4) is 0 Å². The molecular formula is C20H24FN5O. The highest BCUT2D eigenvalue weighted by molar-refractivity contribution is 5.79. The molecule has 1 unspecified atom stereocenters. The summed E-state index contributed by atoms with van der Waals surface area (Å²) in [5.74, 6) is 1.99. The molecule has 0 radical (unpaired) electrons. The average Bonchev–Trinajstić information content (AvgIpc) is 3.09. The van der Waals surface area contributed by atoms with E-state index in [9.17, 15) is 4.39 Å². The number of imidazole rings is 1. The van der Waals surface area contributed by atoms with Crippen LogP contribution >= 0.6 is 0 Å². The summed E-state index contributed by atoms with van der Waals surface area (Å²) in [6, 6.07) is 14.0. The Morgan fingerprint density at radius 2 is 1.96 bits per heavy atom. The fourth-order valence-corrected chi connectivity index (χ4v) is 2.67. The Hall–Kier alpha value is -3.09. The van der Waals surface area contributed by atoms with E-state index in [0.29, 0.717) is 24.8 Å². The summed E-state index contributed by atoms with van der Waals surface area (Å²) in [6.07, 6.45) is 0.668. The number of para-hydroxylation sites is 2. The van der Waals surface area contributed by atoms with Crippen molar-refractivity contribution in [1.82, 2.24) is 20.6 Å². The average molecular weight is 369 g/mol. The lowest BCUT2D eigenvalue weighted by Gasteiger charge is -2.17. The summed E-state index contributed by atoms with van der Waals surface area (Å²) < 4.78 is 18.7. The van der Waals surface area contributed by atoms with Crippen LogP contribution in [-0.4, -0.2) is 42.2 Å². The SMILES string of the molecule is CN=C(NCCc1nc2ccccc2[nH]1)NCC(C)Oc1ccc(F)cc1. The van der Waals surface area contributed by atoms with Crippen molar-refractivity contribution < 1.29 is 9.13 Å². The van der Waals surface area contributed by atoms with Crippen LogP contribution in [-0.2, 0) is 6.42 Å².